The third-order valence-corrected chi connectivity index (χ3v) is 3.35. The van der Waals surface area contributed by atoms with Crippen LogP contribution in [0.5, 0.6) is 0 Å². The van der Waals surface area contributed by atoms with E-state index in [0.717, 1.165) is 25.4 Å². The molecule has 0 spiro atoms. The van der Waals surface area contributed by atoms with Gasteiger partial charge in [-0.1, -0.05) is 19.8 Å². The summed E-state index contributed by atoms with van der Waals surface area (Å²) in [6, 6.07) is 0. The average Bonchev–Trinajstić information content (AvgIpc) is 2.51. The normalized spacial score (nSPS) is 24.8. The molecule has 0 N–H and O–H groups in total. The number of carbonyl (C=O) groups is 1. The standard InChI is InChI=1S/C11H19NO/c1-9-7-12(8-9)11(13)6-10-4-2-3-5-10/h9-10H,2-8H2,1H3. The van der Waals surface area contributed by atoms with E-state index >= 15 is 0 Å². The number of amides is 1. The van der Waals surface area contributed by atoms with E-state index in [2.05, 4.69) is 6.92 Å². The van der Waals surface area contributed by atoms with E-state index < -0.39 is 0 Å². The second-order valence-corrected chi connectivity index (χ2v) is 4.76. The number of hydrogen-bond donors (Lipinski definition) is 0. The van der Waals surface area contributed by atoms with Gasteiger partial charge in [0.25, 0.3) is 0 Å². The Kier molecular flexibility index (Phi) is 2.56. The van der Waals surface area contributed by atoms with Crippen molar-refractivity contribution in [1.82, 2.24) is 4.90 Å². The molecule has 2 aliphatic rings. The van der Waals surface area contributed by atoms with Crippen molar-refractivity contribution in [2.75, 3.05) is 13.1 Å². The molecular weight excluding hydrogens is 162 g/mol. The zero-order valence-corrected chi connectivity index (χ0v) is 8.46. The van der Waals surface area contributed by atoms with Crippen molar-refractivity contribution < 1.29 is 4.79 Å². The fourth-order valence-electron chi connectivity index (χ4n) is 2.49. The molecule has 2 heteroatoms. The van der Waals surface area contributed by atoms with Crippen LogP contribution in [0.25, 0.3) is 0 Å². The average molecular weight is 181 g/mol. The Labute approximate surface area is 80.3 Å². The van der Waals surface area contributed by atoms with Crippen LogP contribution in [0.4, 0.5) is 0 Å². The van der Waals surface area contributed by atoms with Crippen LogP contribution in [0.1, 0.15) is 39.0 Å². The van der Waals surface area contributed by atoms with E-state index in [1.165, 1.54) is 25.7 Å². The van der Waals surface area contributed by atoms with Crippen molar-refractivity contribution in [2.45, 2.75) is 39.0 Å². The van der Waals surface area contributed by atoms with E-state index in [1.807, 2.05) is 4.90 Å². The smallest absolute Gasteiger partial charge is 0.222 e. The summed E-state index contributed by atoms with van der Waals surface area (Å²) in [5.74, 6) is 1.86. The van der Waals surface area contributed by atoms with E-state index in [1.54, 1.807) is 0 Å². The van der Waals surface area contributed by atoms with Gasteiger partial charge in [0.2, 0.25) is 5.91 Å². The molecule has 1 heterocycles. The molecule has 74 valence electrons. The van der Waals surface area contributed by atoms with Crippen LogP contribution in [0.15, 0.2) is 0 Å². The minimum Gasteiger partial charge on any atom is -0.342 e. The maximum atomic E-state index is 11.7. The highest BCUT2D eigenvalue weighted by atomic mass is 16.2. The summed E-state index contributed by atoms with van der Waals surface area (Å²) in [7, 11) is 0. The SMILES string of the molecule is CC1CN(C(=O)CC2CCCC2)C1. The highest BCUT2D eigenvalue weighted by Crippen LogP contribution is 2.29. The monoisotopic (exact) mass is 181 g/mol. The van der Waals surface area contributed by atoms with Gasteiger partial charge in [0.1, 0.15) is 0 Å². The van der Waals surface area contributed by atoms with Crippen LogP contribution in [0, 0.1) is 11.8 Å². The summed E-state index contributed by atoms with van der Waals surface area (Å²) in [5.41, 5.74) is 0. The zero-order valence-electron chi connectivity index (χ0n) is 8.46. The number of carbonyl (C=O) groups excluding carboxylic acids is 1. The minimum absolute atomic E-state index is 0.407. The van der Waals surface area contributed by atoms with Crippen LogP contribution in [-0.4, -0.2) is 23.9 Å². The van der Waals surface area contributed by atoms with Gasteiger partial charge in [0, 0.05) is 19.5 Å². The van der Waals surface area contributed by atoms with Gasteiger partial charge in [0.15, 0.2) is 0 Å². The molecule has 2 fully saturated rings. The van der Waals surface area contributed by atoms with Gasteiger partial charge in [0.05, 0.1) is 0 Å². The van der Waals surface area contributed by atoms with Crippen LogP contribution < -0.4 is 0 Å². The summed E-state index contributed by atoms with van der Waals surface area (Å²) in [6.45, 7) is 4.22. The maximum absolute atomic E-state index is 11.7. The first-order chi connectivity index (χ1) is 6.25. The van der Waals surface area contributed by atoms with Gasteiger partial charge >= 0.3 is 0 Å². The highest BCUT2D eigenvalue weighted by molar-refractivity contribution is 5.77. The lowest BCUT2D eigenvalue weighted by molar-refractivity contribution is -0.138. The van der Waals surface area contributed by atoms with Gasteiger partial charge in [-0.05, 0) is 24.7 Å². The molecule has 1 aliphatic carbocycles. The minimum atomic E-state index is 0.407. The molecule has 2 nitrogen and oxygen atoms in total. The van der Waals surface area contributed by atoms with E-state index in [0.29, 0.717) is 11.8 Å². The van der Waals surface area contributed by atoms with Crippen LogP contribution in [-0.2, 0) is 4.79 Å². The largest absolute Gasteiger partial charge is 0.342 e. The van der Waals surface area contributed by atoms with Crippen LogP contribution in [0.3, 0.4) is 0 Å². The van der Waals surface area contributed by atoms with Gasteiger partial charge in [-0.2, -0.15) is 0 Å². The highest BCUT2D eigenvalue weighted by Gasteiger charge is 2.29. The number of nitrogens with zero attached hydrogens (tertiary/aromatic N) is 1. The number of likely N-dealkylation sites (tertiary alicyclic amines) is 1. The third-order valence-electron chi connectivity index (χ3n) is 3.35. The molecule has 0 aromatic rings. The summed E-state index contributed by atoms with van der Waals surface area (Å²) >= 11 is 0. The van der Waals surface area contributed by atoms with Crippen molar-refractivity contribution in [3.8, 4) is 0 Å². The summed E-state index contributed by atoms with van der Waals surface area (Å²) in [4.78, 5) is 13.7. The quantitative estimate of drug-likeness (QED) is 0.638. The van der Waals surface area contributed by atoms with Gasteiger partial charge in [-0.3, -0.25) is 4.79 Å². The van der Waals surface area contributed by atoms with Crippen molar-refractivity contribution in [2.24, 2.45) is 11.8 Å². The second-order valence-electron chi connectivity index (χ2n) is 4.76. The molecule has 0 atom stereocenters. The number of hydrogen-bond acceptors (Lipinski definition) is 1. The lowest BCUT2D eigenvalue weighted by Gasteiger charge is -2.37. The van der Waals surface area contributed by atoms with Crippen molar-refractivity contribution in [3.05, 3.63) is 0 Å². The van der Waals surface area contributed by atoms with Crippen molar-refractivity contribution in [3.63, 3.8) is 0 Å². The van der Waals surface area contributed by atoms with Crippen LogP contribution >= 0.6 is 0 Å². The Morgan fingerprint density at radius 1 is 1.31 bits per heavy atom. The van der Waals surface area contributed by atoms with Gasteiger partial charge in [-0.25, -0.2) is 0 Å². The molecular formula is C11H19NO. The first-order valence-electron chi connectivity index (χ1n) is 5.53. The molecule has 1 saturated carbocycles. The molecule has 13 heavy (non-hydrogen) atoms. The molecule has 1 aliphatic heterocycles. The Morgan fingerprint density at radius 3 is 2.46 bits per heavy atom. The van der Waals surface area contributed by atoms with Crippen LogP contribution in [0.2, 0.25) is 0 Å². The first-order valence-corrected chi connectivity index (χ1v) is 5.53. The number of rotatable bonds is 2. The van der Waals surface area contributed by atoms with E-state index in [9.17, 15) is 4.79 Å². The summed E-state index contributed by atoms with van der Waals surface area (Å²) in [5, 5.41) is 0. The predicted molar refractivity (Wildman–Crippen MR) is 52.3 cm³/mol. The van der Waals surface area contributed by atoms with Crippen molar-refractivity contribution in [1.29, 1.82) is 0 Å². The molecule has 1 amide bonds. The zero-order chi connectivity index (χ0) is 9.26. The molecule has 2 rings (SSSR count). The second kappa shape index (κ2) is 3.69. The Morgan fingerprint density at radius 2 is 1.92 bits per heavy atom. The Bertz CT molecular complexity index is 190. The molecule has 0 bridgehead atoms. The van der Waals surface area contributed by atoms with E-state index in [4.69, 9.17) is 0 Å². The maximum Gasteiger partial charge on any atom is 0.222 e. The van der Waals surface area contributed by atoms with Gasteiger partial charge in [-0.15, -0.1) is 0 Å². The lowest BCUT2D eigenvalue weighted by atomic mass is 9.98. The van der Waals surface area contributed by atoms with E-state index in [-0.39, 0.29) is 0 Å². The van der Waals surface area contributed by atoms with Gasteiger partial charge < -0.3 is 4.90 Å². The fraction of sp³-hybridized carbons (Fsp3) is 0.909. The third kappa shape index (κ3) is 2.04. The molecule has 0 unspecified atom stereocenters. The van der Waals surface area contributed by atoms with Crippen molar-refractivity contribution >= 4 is 5.91 Å². The molecule has 0 aromatic carbocycles. The lowest BCUT2D eigenvalue weighted by Crippen LogP contribution is -2.48. The first kappa shape index (κ1) is 9.04. The summed E-state index contributed by atoms with van der Waals surface area (Å²) in [6.07, 6.45) is 6.08. The predicted octanol–water partition coefficient (Wildman–Crippen LogP) is 2.04. The summed E-state index contributed by atoms with van der Waals surface area (Å²) < 4.78 is 0. The fourth-order valence-corrected chi connectivity index (χ4v) is 2.49. The molecule has 1 saturated heterocycles. The Hall–Kier alpha value is -0.530. The topological polar surface area (TPSA) is 20.3 Å². The molecule has 0 radical (unpaired) electrons. The molecule has 0 aromatic heterocycles. The Balaban J connectivity index is 1.72.